The van der Waals surface area contributed by atoms with E-state index in [0.29, 0.717) is 16.0 Å². The zero-order chi connectivity index (χ0) is 9.84. The molecule has 0 unspecified atom stereocenters. The van der Waals surface area contributed by atoms with Crippen molar-refractivity contribution in [1.82, 2.24) is 5.32 Å². The summed E-state index contributed by atoms with van der Waals surface area (Å²) < 4.78 is 13.5. The molecule has 0 saturated heterocycles. The van der Waals surface area contributed by atoms with Gasteiger partial charge in [0, 0.05) is 11.6 Å². The van der Waals surface area contributed by atoms with E-state index in [1.165, 1.54) is 6.07 Å². The summed E-state index contributed by atoms with van der Waals surface area (Å²) in [7, 11) is 0. The van der Waals surface area contributed by atoms with Gasteiger partial charge in [-0.2, -0.15) is 0 Å². The molecule has 0 aromatic heterocycles. The number of benzene rings is 1. The van der Waals surface area contributed by atoms with Gasteiger partial charge in [-0.3, -0.25) is 0 Å². The van der Waals surface area contributed by atoms with Crippen LogP contribution in [0.3, 0.4) is 0 Å². The minimum absolute atomic E-state index is 0.280. The summed E-state index contributed by atoms with van der Waals surface area (Å²) in [5.74, 6) is -0.280. The van der Waals surface area contributed by atoms with Crippen molar-refractivity contribution in [3.63, 3.8) is 0 Å². The van der Waals surface area contributed by atoms with E-state index in [1.54, 1.807) is 6.07 Å². The summed E-state index contributed by atoms with van der Waals surface area (Å²) in [6.07, 6.45) is 0. The Morgan fingerprint density at radius 1 is 1.54 bits per heavy atom. The summed E-state index contributed by atoms with van der Waals surface area (Å²) in [5, 5.41) is 3.66. The van der Waals surface area contributed by atoms with E-state index < -0.39 is 0 Å². The van der Waals surface area contributed by atoms with Crippen molar-refractivity contribution in [2.75, 3.05) is 6.54 Å². The fraction of sp³-hybridized carbons (Fsp3) is 0.333. The standard InChI is InChI=1S/C9H10BrClFN/c1-2-13-5-6-3-9(12)7(10)4-8(6)11/h3-4,13H,2,5H2,1H3. The van der Waals surface area contributed by atoms with Crippen molar-refractivity contribution in [2.24, 2.45) is 0 Å². The molecule has 0 aliphatic carbocycles. The van der Waals surface area contributed by atoms with Gasteiger partial charge in [0.15, 0.2) is 0 Å². The second-order valence-electron chi connectivity index (χ2n) is 2.64. The van der Waals surface area contributed by atoms with Crippen LogP contribution in [0.1, 0.15) is 12.5 Å². The van der Waals surface area contributed by atoms with Gasteiger partial charge in [-0.1, -0.05) is 18.5 Å². The lowest BCUT2D eigenvalue weighted by Crippen LogP contribution is -2.12. The summed E-state index contributed by atoms with van der Waals surface area (Å²) >= 11 is 8.97. The molecule has 1 N–H and O–H groups in total. The summed E-state index contributed by atoms with van der Waals surface area (Å²) in [4.78, 5) is 0. The Balaban J connectivity index is 2.88. The summed E-state index contributed by atoms with van der Waals surface area (Å²) in [6.45, 7) is 3.43. The molecule has 1 rings (SSSR count). The van der Waals surface area contributed by atoms with E-state index in [-0.39, 0.29) is 5.82 Å². The van der Waals surface area contributed by atoms with Gasteiger partial charge < -0.3 is 5.32 Å². The molecule has 0 bridgehead atoms. The minimum Gasteiger partial charge on any atom is -0.313 e. The van der Waals surface area contributed by atoms with E-state index in [9.17, 15) is 4.39 Å². The SMILES string of the molecule is CCNCc1cc(F)c(Br)cc1Cl. The van der Waals surface area contributed by atoms with Gasteiger partial charge >= 0.3 is 0 Å². The molecule has 1 nitrogen and oxygen atoms in total. The van der Waals surface area contributed by atoms with Crippen LogP contribution in [0.5, 0.6) is 0 Å². The first-order chi connectivity index (χ1) is 6.15. The molecular weight excluding hydrogens is 256 g/mol. The molecular formula is C9H10BrClFN. The van der Waals surface area contributed by atoms with Crippen LogP contribution in [-0.2, 0) is 6.54 Å². The number of rotatable bonds is 3. The molecule has 0 saturated carbocycles. The maximum absolute atomic E-state index is 13.1. The molecule has 0 amide bonds. The fourth-order valence-electron chi connectivity index (χ4n) is 0.959. The van der Waals surface area contributed by atoms with E-state index in [4.69, 9.17) is 11.6 Å². The molecule has 0 atom stereocenters. The van der Waals surface area contributed by atoms with Gasteiger partial charge in [-0.25, -0.2) is 4.39 Å². The highest BCUT2D eigenvalue weighted by atomic mass is 79.9. The average molecular weight is 267 g/mol. The molecule has 0 fully saturated rings. The third kappa shape index (κ3) is 2.93. The normalized spacial score (nSPS) is 10.5. The Hall–Kier alpha value is -0.120. The number of nitrogens with one attached hydrogen (secondary N) is 1. The summed E-state index contributed by atoms with van der Waals surface area (Å²) in [5.41, 5.74) is 0.782. The second-order valence-corrected chi connectivity index (χ2v) is 3.90. The highest BCUT2D eigenvalue weighted by Crippen LogP contribution is 2.24. The third-order valence-corrected chi connectivity index (χ3v) is 2.61. The first-order valence-corrected chi connectivity index (χ1v) is 5.16. The average Bonchev–Trinajstić information content (AvgIpc) is 2.09. The zero-order valence-electron chi connectivity index (χ0n) is 7.20. The Bertz CT molecular complexity index is 304. The van der Waals surface area contributed by atoms with Gasteiger partial charge in [0.05, 0.1) is 4.47 Å². The maximum Gasteiger partial charge on any atom is 0.137 e. The number of halogens is 3. The van der Waals surface area contributed by atoms with Gasteiger partial charge in [0.25, 0.3) is 0 Å². The Labute approximate surface area is 90.4 Å². The largest absolute Gasteiger partial charge is 0.313 e. The summed E-state index contributed by atoms with van der Waals surface area (Å²) in [6, 6.07) is 3.01. The number of hydrogen-bond acceptors (Lipinski definition) is 1. The van der Waals surface area contributed by atoms with Crippen LogP contribution >= 0.6 is 27.5 Å². The molecule has 0 aliphatic rings. The van der Waals surface area contributed by atoms with Crippen molar-refractivity contribution >= 4 is 27.5 Å². The zero-order valence-corrected chi connectivity index (χ0v) is 9.54. The first-order valence-electron chi connectivity index (χ1n) is 3.99. The van der Waals surface area contributed by atoms with Gasteiger partial charge in [0.2, 0.25) is 0 Å². The van der Waals surface area contributed by atoms with Crippen molar-refractivity contribution < 1.29 is 4.39 Å². The monoisotopic (exact) mass is 265 g/mol. The van der Waals surface area contributed by atoms with E-state index in [1.807, 2.05) is 6.92 Å². The Morgan fingerprint density at radius 3 is 2.85 bits per heavy atom. The van der Waals surface area contributed by atoms with Crippen LogP contribution in [0.15, 0.2) is 16.6 Å². The van der Waals surface area contributed by atoms with Crippen molar-refractivity contribution in [2.45, 2.75) is 13.5 Å². The van der Waals surface area contributed by atoms with Gasteiger partial charge in [0.1, 0.15) is 5.82 Å². The van der Waals surface area contributed by atoms with Crippen LogP contribution in [0.2, 0.25) is 5.02 Å². The van der Waals surface area contributed by atoms with Crippen LogP contribution in [0, 0.1) is 5.82 Å². The van der Waals surface area contributed by atoms with E-state index in [2.05, 4.69) is 21.2 Å². The molecule has 0 heterocycles. The Kier molecular flexibility index (Phi) is 4.16. The fourth-order valence-corrected chi connectivity index (χ4v) is 1.66. The second kappa shape index (κ2) is 4.94. The molecule has 0 aliphatic heterocycles. The van der Waals surface area contributed by atoms with Crippen LogP contribution < -0.4 is 5.32 Å². The topological polar surface area (TPSA) is 12.0 Å². The molecule has 1 aromatic rings. The quantitative estimate of drug-likeness (QED) is 0.827. The predicted molar refractivity (Wildman–Crippen MR) is 56.5 cm³/mol. The van der Waals surface area contributed by atoms with Crippen molar-refractivity contribution in [3.05, 3.63) is 33.0 Å². The van der Waals surface area contributed by atoms with Crippen LogP contribution in [-0.4, -0.2) is 6.54 Å². The smallest absolute Gasteiger partial charge is 0.137 e. The molecule has 72 valence electrons. The maximum atomic E-state index is 13.1. The Morgan fingerprint density at radius 2 is 2.23 bits per heavy atom. The molecule has 4 heteroatoms. The van der Waals surface area contributed by atoms with Crippen molar-refractivity contribution in [3.8, 4) is 0 Å². The molecule has 0 radical (unpaired) electrons. The lowest BCUT2D eigenvalue weighted by Gasteiger charge is -2.05. The van der Waals surface area contributed by atoms with E-state index in [0.717, 1.165) is 12.1 Å². The molecule has 0 spiro atoms. The minimum atomic E-state index is -0.280. The van der Waals surface area contributed by atoms with Crippen LogP contribution in [0.4, 0.5) is 4.39 Å². The predicted octanol–water partition coefficient (Wildman–Crippen LogP) is 3.35. The first kappa shape index (κ1) is 11.0. The van der Waals surface area contributed by atoms with Crippen molar-refractivity contribution in [1.29, 1.82) is 0 Å². The third-order valence-electron chi connectivity index (χ3n) is 1.65. The van der Waals surface area contributed by atoms with E-state index >= 15 is 0 Å². The van der Waals surface area contributed by atoms with Gasteiger partial charge in [-0.15, -0.1) is 0 Å². The lowest BCUT2D eigenvalue weighted by molar-refractivity contribution is 0.615. The highest BCUT2D eigenvalue weighted by molar-refractivity contribution is 9.10. The molecule has 13 heavy (non-hydrogen) atoms. The van der Waals surface area contributed by atoms with Crippen LogP contribution in [0.25, 0.3) is 0 Å². The number of hydrogen-bond donors (Lipinski definition) is 1. The van der Waals surface area contributed by atoms with Gasteiger partial charge in [-0.05, 0) is 40.2 Å². The molecule has 1 aromatic carbocycles. The highest BCUT2D eigenvalue weighted by Gasteiger charge is 2.05. The lowest BCUT2D eigenvalue weighted by atomic mass is 10.2.